The number of hydrogen-bond acceptors (Lipinski definition) is 4. The predicted molar refractivity (Wildman–Crippen MR) is 84.9 cm³/mol. The van der Waals surface area contributed by atoms with Crippen LogP contribution in [0.15, 0.2) is 5.38 Å². The van der Waals surface area contributed by atoms with Gasteiger partial charge in [0.1, 0.15) is 0 Å². The monoisotopic (exact) mass is 283 g/mol. The Bertz CT molecular complexity index is 355. The minimum absolute atomic E-state index is 0.170. The molecule has 1 aromatic rings. The number of nitrogens with zero attached hydrogens (tertiary/aromatic N) is 2. The van der Waals surface area contributed by atoms with E-state index in [-0.39, 0.29) is 5.41 Å². The van der Waals surface area contributed by atoms with Crippen molar-refractivity contribution in [1.82, 2.24) is 15.2 Å². The van der Waals surface area contributed by atoms with Crippen LogP contribution >= 0.6 is 11.3 Å². The van der Waals surface area contributed by atoms with E-state index in [4.69, 9.17) is 4.98 Å². The average Bonchev–Trinajstić information content (AvgIpc) is 2.81. The molecule has 1 N–H and O–H groups in total. The molecule has 0 aliphatic rings. The van der Waals surface area contributed by atoms with Gasteiger partial charge in [0, 0.05) is 30.4 Å². The van der Waals surface area contributed by atoms with Gasteiger partial charge in [-0.15, -0.1) is 11.3 Å². The van der Waals surface area contributed by atoms with Crippen molar-refractivity contribution >= 4 is 11.3 Å². The molecule has 4 heteroatoms. The molecule has 110 valence electrons. The largest absolute Gasteiger partial charge is 0.310 e. The lowest BCUT2D eigenvalue weighted by Crippen LogP contribution is -2.32. The van der Waals surface area contributed by atoms with Crippen molar-refractivity contribution in [2.75, 3.05) is 26.2 Å². The summed E-state index contributed by atoms with van der Waals surface area (Å²) in [5, 5.41) is 6.90. The standard InChI is InChI=1S/C15H29N3S/c1-6-9-18(7-2)10-8-16-11-13-12-19-14(17-13)15(3,4)5/h12,16H,6-11H2,1-5H3. The van der Waals surface area contributed by atoms with Crippen LogP contribution in [-0.2, 0) is 12.0 Å². The normalized spacial score (nSPS) is 12.3. The molecule has 0 aromatic carbocycles. The van der Waals surface area contributed by atoms with Crippen molar-refractivity contribution in [3.05, 3.63) is 16.1 Å². The van der Waals surface area contributed by atoms with Crippen LogP contribution in [0, 0.1) is 0 Å². The molecule has 19 heavy (non-hydrogen) atoms. The van der Waals surface area contributed by atoms with Crippen LogP contribution in [0.1, 0.15) is 51.7 Å². The van der Waals surface area contributed by atoms with Crippen LogP contribution in [-0.4, -0.2) is 36.1 Å². The summed E-state index contributed by atoms with van der Waals surface area (Å²) >= 11 is 1.77. The first-order chi connectivity index (χ1) is 8.97. The molecule has 1 aromatic heterocycles. The Morgan fingerprint density at radius 3 is 2.53 bits per heavy atom. The first kappa shape index (κ1) is 16.6. The van der Waals surface area contributed by atoms with Crippen LogP contribution < -0.4 is 5.32 Å². The Labute approximate surface area is 122 Å². The molecule has 0 atom stereocenters. The third-order valence-corrected chi connectivity index (χ3v) is 4.41. The van der Waals surface area contributed by atoms with Gasteiger partial charge in [0.15, 0.2) is 0 Å². The Morgan fingerprint density at radius 2 is 2.00 bits per heavy atom. The van der Waals surface area contributed by atoms with Crippen molar-refractivity contribution in [3.63, 3.8) is 0 Å². The minimum Gasteiger partial charge on any atom is -0.310 e. The van der Waals surface area contributed by atoms with Gasteiger partial charge in [-0.05, 0) is 19.5 Å². The number of aromatic nitrogens is 1. The van der Waals surface area contributed by atoms with E-state index >= 15 is 0 Å². The molecule has 0 radical (unpaired) electrons. The second-order valence-corrected chi connectivity index (χ2v) is 6.86. The van der Waals surface area contributed by atoms with Gasteiger partial charge >= 0.3 is 0 Å². The van der Waals surface area contributed by atoms with Gasteiger partial charge in [-0.25, -0.2) is 4.98 Å². The number of hydrogen-bond donors (Lipinski definition) is 1. The SMILES string of the molecule is CCCN(CC)CCNCc1csc(C(C)(C)C)n1. The zero-order valence-electron chi connectivity index (χ0n) is 13.1. The van der Waals surface area contributed by atoms with Crippen LogP contribution in [0.5, 0.6) is 0 Å². The molecule has 0 fully saturated rings. The lowest BCUT2D eigenvalue weighted by atomic mass is 9.98. The van der Waals surface area contributed by atoms with Gasteiger partial charge in [-0.1, -0.05) is 34.6 Å². The minimum atomic E-state index is 0.170. The third kappa shape index (κ3) is 6.02. The summed E-state index contributed by atoms with van der Waals surface area (Å²) in [4.78, 5) is 7.18. The maximum atomic E-state index is 4.70. The van der Waals surface area contributed by atoms with Crippen molar-refractivity contribution in [2.45, 2.75) is 53.0 Å². The predicted octanol–water partition coefficient (Wildman–Crippen LogP) is 3.26. The molecule has 0 spiro atoms. The topological polar surface area (TPSA) is 28.2 Å². The molecule has 0 amide bonds. The highest BCUT2D eigenvalue weighted by Crippen LogP contribution is 2.25. The van der Waals surface area contributed by atoms with Crippen molar-refractivity contribution in [2.24, 2.45) is 0 Å². The van der Waals surface area contributed by atoms with Crippen LogP contribution in [0.4, 0.5) is 0 Å². The fraction of sp³-hybridized carbons (Fsp3) is 0.800. The second kappa shape index (κ2) is 7.98. The van der Waals surface area contributed by atoms with Gasteiger partial charge in [0.2, 0.25) is 0 Å². The van der Waals surface area contributed by atoms with E-state index in [2.05, 4.69) is 50.2 Å². The van der Waals surface area contributed by atoms with Crippen LogP contribution in [0.25, 0.3) is 0 Å². The van der Waals surface area contributed by atoms with E-state index in [1.807, 2.05) is 0 Å². The van der Waals surface area contributed by atoms with Crippen molar-refractivity contribution in [1.29, 1.82) is 0 Å². The molecule has 3 nitrogen and oxygen atoms in total. The number of thiazole rings is 1. The molecular weight excluding hydrogens is 254 g/mol. The Morgan fingerprint density at radius 1 is 1.26 bits per heavy atom. The van der Waals surface area contributed by atoms with Gasteiger partial charge in [-0.2, -0.15) is 0 Å². The van der Waals surface area contributed by atoms with Gasteiger partial charge < -0.3 is 10.2 Å². The molecule has 1 heterocycles. The number of rotatable bonds is 8. The summed E-state index contributed by atoms with van der Waals surface area (Å²) in [6.07, 6.45) is 1.23. The van der Waals surface area contributed by atoms with E-state index < -0.39 is 0 Å². The van der Waals surface area contributed by atoms with Crippen molar-refractivity contribution in [3.8, 4) is 0 Å². The lowest BCUT2D eigenvalue weighted by molar-refractivity contribution is 0.287. The quantitative estimate of drug-likeness (QED) is 0.742. The molecule has 0 saturated heterocycles. The van der Waals surface area contributed by atoms with E-state index in [0.29, 0.717) is 0 Å². The van der Waals surface area contributed by atoms with E-state index in [0.717, 1.165) is 26.2 Å². The molecule has 0 bridgehead atoms. The lowest BCUT2D eigenvalue weighted by Gasteiger charge is -2.19. The van der Waals surface area contributed by atoms with Gasteiger partial charge in [-0.3, -0.25) is 0 Å². The molecular formula is C15H29N3S. The molecule has 0 saturated carbocycles. The van der Waals surface area contributed by atoms with Gasteiger partial charge in [0.05, 0.1) is 10.7 Å². The Kier molecular flexibility index (Phi) is 6.97. The van der Waals surface area contributed by atoms with E-state index in [1.165, 1.54) is 23.7 Å². The van der Waals surface area contributed by atoms with Crippen LogP contribution in [0.3, 0.4) is 0 Å². The Hall–Kier alpha value is -0.450. The second-order valence-electron chi connectivity index (χ2n) is 6.01. The zero-order valence-corrected chi connectivity index (χ0v) is 13.9. The van der Waals surface area contributed by atoms with Crippen molar-refractivity contribution < 1.29 is 0 Å². The van der Waals surface area contributed by atoms with E-state index in [9.17, 15) is 0 Å². The first-order valence-electron chi connectivity index (χ1n) is 7.35. The summed E-state index contributed by atoms with van der Waals surface area (Å²) in [6, 6.07) is 0. The Balaban J connectivity index is 2.28. The number of nitrogens with one attached hydrogen (secondary N) is 1. The molecule has 0 aliphatic carbocycles. The summed E-state index contributed by atoms with van der Waals surface area (Å²) in [7, 11) is 0. The highest BCUT2D eigenvalue weighted by Gasteiger charge is 2.17. The number of likely N-dealkylation sites (N-methyl/N-ethyl adjacent to an activating group) is 1. The first-order valence-corrected chi connectivity index (χ1v) is 8.23. The maximum absolute atomic E-state index is 4.70. The van der Waals surface area contributed by atoms with Crippen LogP contribution in [0.2, 0.25) is 0 Å². The maximum Gasteiger partial charge on any atom is 0.0982 e. The average molecular weight is 283 g/mol. The smallest absolute Gasteiger partial charge is 0.0982 e. The van der Waals surface area contributed by atoms with Gasteiger partial charge in [0.25, 0.3) is 0 Å². The highest BCUT2D eigenvalue weighted by atomic mass is 32.1. The molecule has 0 aliphatic heterocycles. The van der Waals surface area contributed by atoms with E-state index in [1.54, 1.807) is 11.3 Å². The zero-order chi connectivity index (χ0) is 14.3. The molecule has 1 rings (SSSR count). The summed E-state index contributed by atoms with van der Waals surface area (Å²) in [5.74, 6) is 0. The molecule has 0 unspecified atom stereocenters. The summed E-state index contributed by atoms with van der Waals surface area (Å²) in [6.45, 7) is 16.5. The summed E-state index contributed by atoms with van der Waals surface area (Å²) in [5.41, 5.74) is 1.34. The summed E-state index contributed by atoms with van der Waals surface area (Å²) < 4.78 is 0. The fourth-order valence-electron chi connectivity index (χ4n) is 1.93. The fourth-order valence-corrected chi connectivity index (χ4v) is 2.84. The third-order valence-electron chi connectivity index (χ3n) is 3.09. The highest BCUT2D eigenvalue weighted by molar-refractivity contribution is 7.09.